The van der Waals surface area contributed by atoms with Gasteiger partial charge in [-0.1, -0.05) is 18.2 Å². The maximum Gasteiger partial charge on any atom is 0.244 e. The molecule has 0 bridgehead atoms. The van der Waals surface area contributed by atoms with Crippen molar-refractivity contribution in [1.29, 1.82) is 0 Å². The Kier molecular flexibility index (Phi) is 6.63. The first-order valence-corrected chi connectivity index (χ1v) is 7.99. The lowest BCUT2D eigenvalue weighted by molar-refractivity contribution is -0.116. The maximum absolute atomic E-state index is 12.1. The van der Waals surface area contributed by atoms with Crippen molar-refractivity contribution < 1.29 is 13.9 Å². The third-order valence-corrected chi connectivity index (χ3v) is 3.60. The van der Waals surface area contributed by atoms with E-state index in [1.54, 1.807) is 12.3 Å². The van der Waals surface area contributed by atoms with Crippen LogP contribution in [0.2, 0.25) is 0 Å². The Balaban J connectivity index is 1.95. The first-order valence-electron chi connectivity index (χ1n) is 7.99. The van der Waals surface area contributed by atoms with Gasteiger partial charge in [0.25, 0.3) is 0 Å². The van der Waals surface area contributed by atoms with Gasteiger partial charge in [0, 0.05) is 18.2 Å². The van der Waals surface area contributed by atoms with E-state index in [1.807, 2.05) is 62.3 Å². The van der Waals surface area contributed by atoms with Crippen LogP contribution in [0.25, 0.3) is 6.08 Å². The number of hydrogen-bond donors (Lipinski definition) is 1. The minimum atomic E-state index is -0.153. The fourth-order valence-corrected chi connectivity index (χ4v) is 2.35. The number of para-hydroxylation sites is 1. The predicted molar refractivity (Wildman–Crippen MR) is 94.8 cm³/mol. The number of amides is 1. The van der Waals surface area contributed by atoms with Crippen LogP contribution < -0.4 is 10.1 Å². The Morgan fingerprint density at radius 1 is 1.29 bits per heavy atom. The number of furan rings is 1. The molecule has 0 radical (unpaired) electrons. The molecule has 5 nitrogen and oxygen atoms in total. The lowest BCUT2D eigenvalue weighted by Crippen LogP contribution is -2.33. The fourth-order valence-electron chi connectivity index (χ4n) is 2.35. The second-order valence-corrected chi connectivity index (χ2v) is 5.54. The molecule has 0 spiro atoms. The molecule has 1 atom stereocenters. The van der Waals surface area contributed by atoms with Crippen LogP contribution in [0.1, 0.15) is 24.3 Å². The molecule has 1 aromatic heterocycles. The molecule has 2 aromatic rings. The Bertz CT molecular complexity index is 663. The normalized spacial score (nSPS) is 12.5. The minimum absolute atomic E-state index is 0.00643. The molecule has 5 heteroatoms. The summed E-state index contributed by atoms with van der Waals surface area (Å²) in [5.41, 5.74) is 0.879. The van der Waals surface area contributed by atoms with E-state index in [-0.39, 0.29) is 11.9 Å². The predicted octanol–water partition coefficient (Wildman–Crippen LogP) is 3.11. The molecule has 1 heterocycles. The first kappa shape index (κ1) is 17.8. The van der Waals surface area contributed by atoms with Gasteiger partial charge in [0.15, 0.2) is 0 Å². The van der Waals surface area contributed by atoms with Crippen molar-refractivity contribution in [1.82, 2.24) is 10.2 Å². The van der Waals surface area contributed by atoms with E-state index in [0.29, 0.717) is 13.2 Å². The van der Waals surface area contributed by atoms with Crippen LogP contribution in [0.5, 0.6) is 5.75 Å². The smallest absolute Gasteiger partial charge is 0.244 e. The average molecular weight is 328 g/mol. The molecule has 128 valence electrons. The molecule has 0 aliphatic carbocycles. The highest BCUT2D eigenvalue weighted by Gasteiger charge is 2.17. The number of hydrogen-bond acceptors (Lipinski definition) is 4. The second-order valence-electron chi connectivity index (χ2n) is 5.54. The van der Waals surface area contributed by atoms with E-state index in [9.17, 15) is 4.79 Å². The van der Waals surface area contributed by atoms with E-state index in [4.69, 9.17) is 9.15 Å². The summed E-state index contributed by atoms with van der Waals surface area (Å²) in [5, 5.41) is 2.91. The summed E-state index contributed by atoms with van der Waals surface area (Å²) < 4.78 is 11.0. The number of likely N-dealkylation sites (N-methyl/N-ethyl adjacent to an activating group) is 1. The Morgan fingerprint density at radius 3 is 2.75 bits per heavy atom. The number of nitrogens with zero attached hydrogens (tertiary/aromatic N) is 1. The topological polar surface area (TPSA) is 54.7 Å². The van der Waals surface area contributed by atoms with Crippen molar-refractivity contribution in [3.63, 3.8) is 0 Å². The molecule has 24 heavy (non-hydrogen) atoms. The Labute approximate surface area is 142 Å². The van der Waals surface area contributed by atoms with Crippen LogP contribution in [0.3, 0.4) is 0 Å². The van der Waals surface area contributed by atoms with Gasteiger partial charge in [0.2, 0.25) is 5.91 Å². The molecule has 0 aliphatic rings. The zero-order valence-electron chi connectivity index (χ0n) is 14.4. The van der Waals surface area contributed by atoms with E-state index in [1.165, 1.54) is 6.08 Å². The first-order chi connectivity index (χ1) is 11.6. The number of rotatable bonds is 8. The van der Waals surface area contributed by atoms with E-state index < -0.39 is 0 Å². The van der Waals surface area contributed by atoms with Gasteiger partial charge in [-0.25, -0.2) is 0 Å². The zero-order valence-corrected chi connectivity index (χ0v) is 14.4. The summed E-state index contributed by atoms with van der Waals surface area (Å²) in [6.45, 7) is 2.99. The van der Waals surface area contributed by atoms with Crippen LogP contribution in [0, 0.1) is 0 Å². The maximum atomic E-state index is 12.1. The zero-order chi connectivity index (χ0) is 17.4. The largest absolute Gasteiger partial charge is 0.493 e. The van der Waals surface area contributed by atoms with Gasteiger partial charge in [-0.3, -0.25) is 9.69 Å². The van der Waals surface area contributed by atoms with Gasteiger partial charge >= 0.3 is 0 Å². The van der Waals surface area contributed by atoms with E-state index in [2.05, 4.69) is 5.32 Å². The molecule has 1 aromatic carbocycles. The van der Waals surface area contributed by atoms with Gasteiger partial charge < -0.3 is 14.5 Å². The molecular weight excluding hydrogens is 304 g/mol. The van der Waals surface area contributed by atoms with Crippen LogP contribution in [-0.2, 0) is 4.79 Å². The summed E-state index contributed by atoms with van der Waals surface area (Å²) in [6.07, 6.45) is 4.92. The van der Waals surface area contributed by atoms with Gasteiger partial charge in [0.1, 0.15) is 11.5 Å². The molecule has 1 amide bonds. The van der Waals surface area contributed by atoms with Crippen LogP contribution in [0.15, 0.2) is 53.2 Å². The van der Waals surface area contributed by atoms with Crippen LogP contribution in [0.4, 0.5) is 0 Å². The summed E-state index contributed by atoms with van der Waals surface area (Å²) in [6, 6.07) is 11.4. The summed E-state index contributed by atoms with van der Waals surface area (Å²) in [7, 11) is 3.90. The SMILES string of the molecule is CCOc1ccccc1C=CC(=O)NCC(c1ccco1)N(C)C. The number of carbonyl (C=O) groups excluding carboxylic acids is 1. The molecule has 2 rings (SSSR count). The van der Waals surface area contributed by atoms with Gasteiger partial charge in [-0.15, -0.1) is 0 Å². The summed E-state index contributed by atoms with van der Waals surface area (Å²) >= 11 is 0. The van der Waals surface area contributed by atoms with Crippen molar-refractivity contribution in [3.05, 3.63) is 60.1 Å². The molecule has 1 unspecified atom stereocenters. The lowest BCUT2D eigenvalue weighted by atomic mass is 10.2. The molecule has 0 fully saturated rings. The second kappa shape index (κ2) is 8.93. The van der Waals surface area contributed by atoms with Crippen molar-refractivity contribution >= 4 is 12.0 Å². The van der Waals surface area contributed by atoms with E-state index in [0.717, 1.165) is 17.1 Å². The van der Waals surface area contributed by atoms with E-state index >= 15 is 0 Å². The van der Waals surface area contributed by atoms with Crippen molar-refractivity contribution in [2.45, 2.75) is 13.0 Å². The highest BCUT2D eigenvalue weighted by atomic mass is 16.5. The standard InChI is InChI=1S/C19H24N2O3/c1-4-23-17-9-6-5-8-15(17)11-12-19(22)20-14-16(21(2)3)18-10-7-13-24-18/h5-13,16H,4,14H2,1-3H3,(H,20,22). The molecule has 0 saturated carbocycles. The van der Waals surface area contributed by atoms with Gasteiger partial charge in [0.05, 0.1) is 18.9 Å². The fraction of sp³-hybridized carbons (Fsp3) is 0.316. The van der Waals surface area contributed by atoms with Crippen LogP contribution in [-0.4, -0.2) is 38.1 Å². The quantitative estimate of drug-likeness (QED) is 0.757. The van der Waals surface area contributed by atoms with Crippen molar-refractivity contribution in [3.8, 4) is 5.75 Å². The highest BCUT2D eigenvalue weighted by molar-refractivity contribution is 5.92. The molecule has 0 saturated heterocycles. The molecule has 0 aliphatic heterocycles. The lowest BCUT2D eigenvalue weighted by Gasteiger charge is -2.22. The number of benzene rings is 1. The number of carbonyl (C=O) groups is 1. The molecule has 1 N–H and O–H groups in total. The Morgan fingerprint density at radius 2 is 2.08 bits per heavy atom. The summed E-state index contributed by atoms with van der Waals surface area (Å²) in [5.74, 6) is 1.44. The van der Waals surface area contributed by atoms with Gasteiger partial charge in [-0.05, 0) is 45.3 Å². The number of nitrogens with one attached hydrogen (secondary N) is 1. The monoisotopic (exact) mass is 328 g/mol. The Hall–Kier alpha value is -2.53. The molecular formula is C19H24N2O3. The minimum Gasteiger partial charge on any atom is -0.493 e. The highest BCUT2D eigenvalue weighted by Crippen LogP contribution is 2.19. The number of ether oxygens (including phenoxy) is 1. The van der Waals surface area contributed by atoms with Crippen LogP contribution >= 0.6 is 0 Å². The van der Waals surface area contributed by atoms with Gasteiger partial charge in [-0.2, -0.15) is 0 Å². The summed E-state index contributed by atoms with van der Waals surface area (Å²) in [4.78, 5) is 14.1. The van der Waals surface area contributed by atoms with Crippen molar-refractivity contribution in [2.24, 2.45) is 0 Å². The third kappa shape index (κ3) is 4.99. The third-order valence-electron chi connectivity index (χ3n) is 3.60. The van der Waals surface area contributed by atoms with Crippen molar-refractivity contribution in [2.75, 3.05) is 27.2 Å². The average Bonchev–Trinajstić information content (AvgIpc) is 3.08.